The fourth-order valence-electron chi connectivity index (χ4n) is 4.33. The van der Waals surface area contributed by atoms with Crippen LogP contribution in [0.4, 0.5) is 4.39 Å². The van der Waals surface area contributed by atoms with Crippen LogP contribution in [0.15, 0.2) is 53.6 Å². The smallest absolute Gasteiger partial charge is 0.261 e. The van der Waals surface area contributed by atoms with Gasteiger partial charge in [0.1, 0.15) is 5.82 Å². The van der Waals surface area contributed by atoms with Crippen LogP contribution in [0.2, 0.25) is 0 Å². The first-order valence-corrected chi connectivity index (χ1v) is 11.4. The standard InChI is InChI=1S/C25H30FN5O2/c1-17-5-3-7-21-24(17)27-16-31(25(21)33)14-12-23(32)30(2)13-4-6-20-15-22(29-28-20)18-8-10-19(26)11-9-18/h3,5,7-11,16,20,22,28-29H,4,6,12-15H2,1-2H3. The van der Waals surface area contributed by atoms with Gasteiger partial charge in [-0.05, 0) is 55.5 Å². The third kappa shape index (κ3) is 5.46. The van der Waals surface area contributed by atoms with Gasteiger partial charge in [0.15, 0.2) is 0 Å². The highest BCUT2D eigenvalue weighted by atomic mass is 19.1. The maximum absolute atomic E-state index is 13.1. The number of fused-ring (bicyclic) bond motifs is 1. The predicted molar refractivity (Wildman–Crippen MR) is 126 cm³/mol. The summed E-state index contributed by atoms with van der Waals surface area (Å²) >= 11 is 0. The highest BCUT2D eigenvalue weighted by molar-refractivity contribution is 5.80. The van der Waals surface area contributed by atoms with Crippen molar-refractivity contribution in [2.45, 2.75) is 51.2 Å². The molecule has 0 saturated carbocycles. The third-order valence-corrected chi connectivity index (χ3v) is 6.35. The maximum Gasteiger partial charge on any atom is 0.261 e. The van der Waals surface area contributed by atoms with Gasteiger partial charge in [-0.2, -0.15) is 0 Å². The summed E-state index contributed by atoms with van der Waals surface area (Å²) in [7, 11) is 1.80. The molecule has 2 unspecified atom stereocenters. The largest absolute Gasteiger partial charge is 0.346 e. The van der Waals surface area contributed by atoms with Crippen LogP contribution < -0.4 is 16.4 Å². The lowest BCUT2D eigenvalue weighted by molar-refractivity contribution is -0.130. The summed E-state index contributed by atoms with van der Waals surface area (Å²) in [6.45, 7) is 2.90. The predicted octanol–water partition coefficient (Wildman–Crippen LogP) is 3.08. The van der Waals surface area contributed by atoms with Crippen LogP contribution in [0.5, 0.6) is 0 Å². The van der Waals surface area contributed by atoms with E-state index in [4.69, 9.17) is 0 Å². The molecule has 1 amide bonds. The molecule has 1 aliphatic heterocycles. The molecule has 0 spiro atoms. The zero-order valence-electron chi connectivity index (χ0n) is 19.1. The average Bonchev–Trinajstić information content (AvgIpc) is 3.28. The second-order valence-corrected chi connectivity index (χ2v) is 8.75. The SMILES string of the molecule is Cc1cccc2c(=O)n(CCC(=O)N(C)CCCC3CC(c4ccc(F)cc4)NN3)cnc12. The number of amides is 1. The van der Waals surface area contributed by atoms with Crippen LogP contribution in [-0.2, 0) is 11.3 Å². The average molecular weight is 452 g/mol. The third-order valence-electron chi connectivity index (χ3n) is 6.35. The van der Waals surface area contributed by atoms with E-state index in [9.17, 15) is 14.0 Å². The Bertz CT molecular complexity index is 1180. The van der Waals surface area contributed by atoms with Gasteiger partial charge in [-0.3, -0.25) is 25.0 Å². The first-order valence-electron chi connectivity index (χ1n) is 11.4. The Morgan fingerprint density at radius 1 is 1.21 bits per heavy atom. The highest BCUT2D eigenvalue weighted by Gasteiger charge is 2.24. The minimum absolute atomic E-state index is 0.00735. The number of halogens is 1. The lowest BCUT2D eigenvalue weighted by Crippen LogP contribution is -2.33. The van der Waals surface area contributed by atoms with Gasteiger partial charge in [0.05, 0.1) is 17.2 Å². The van der Waals surface area contributed by atoms with Gasteiger partial charge in [-0.25, -0.2) is 9.37 Å². The molecule has 1 aliphatic rings. The van der Waals surface area contributed by atoms with Crippen molar-refractivity contribution in [3.8, 4) is 0 Å². The number of hydrogen-bond donors (Lipinski definition) is 2. The molecule has 2 aromatic carbocycles. The molecule has 33 heavy (non-hydrogen) atoms. The van der Waals surface area contributed by atoms with Crippen LogP contribution in [0, 0.1) is 12.7 Å². The molecule has 4 rings (SSSR count). The normalized spacial score (nSPS) is 18.0. The summed E-state index contributed by atoms with van der Waals surface area (Å²) < 4.78 is 14.6. The fraction of sp³-hybridized carbons (Fsp3) is 0.400. The molecule has 0 radical (unpaired) electrons. The van der Waals surface area contributed by atoms with Crippen molar-refractivity contribution in [2.75, 3.05) is 13.6 Å². The molecular formula is C25H30FN5O2. The van der Waals surface area contributed by atoms with Gasteiger partial charge in [0.2, 0.25) is 5.91 Å². The fourth-order valence-corrected chi connectivity index (χ4v) is 4.33. The number of hydrogen-bond acceptors (Lipinski definition) is 5. The number of benzene rings is 2. The molecule has 2 N–H and O–H groups in total. The minimum Gasteiger partial charge on any atom is -0.346 e. The molecule has 3 aromatic rings. The van der Waals surface area contributed by atoms with E-state index in [-0.39, 0.29) is 29.7 Å². The molecule has 0 bridgehead atoms. The zero-order chi connectivity index (χ0) is 23.4. The number of carbonyl (C=O) groups excluding carboxylic acids is 1. The van der Waals surface area contributed by atoms with Crippen LogP contribution in [0.25, 0.3) is 10.9 Å². The Kier molecular flexibility index (Phi) is 7.15. The number of rotatable bonds is 8. The van der Waals surface area contributed by atoms with Crippen molar-refractivity contribution in [3.63, 3.8) is 0 Å². The molecular weight excluding hydrogens is 421 g/mol. The monoisotopic (exact) mass is 451 g/mol. The summed E-state index contributed by atoms with van der Waals surface area (Å²) in [4.78, 5) is 31.4. The Balaban J connectivity index is 1.22. The molecule has 7 nitrogen and oxygen atoms in total. The zero-order valence-corrected chi connectivity index (χ0v) is 19.1. The second-order valence-electron chi connectivity index (χ2n) is 8.75. The topological polar surface area (TPSA) is 79.3 Å². The van der Waals surface area contributed by atoms with Crippen molar-refractivity contribution in [1.29, 1.82) is 0 Å². The van der Waals surface area contributed by atoms with E-state index in [0.29, 0.717) is 30.0 Å². The van der Waals surface area contributed by atoms with Crippen LogP contribution >= 0.6 is 0 Å². The lowest BCUT2D eigenvalue weighted by atomic mass is 9.99. The van der Waals surface area contributed by atoms with Crippen molar-refractivity contribution in [3.05, 3.63) is 76.1 Å². The Morgan fingerprint density at radius 3 is 2.79 bits per heavy atom. The summed E-state index contributed by atoms with van der Waals surface area (Å²) in [6.07, 6.45) is 4.50. The Labute approximate surface area is 192 Å². The van der Waals surface area contributed by atoms with E-state index < -0.39 is 0 Å². The molecule has 174 valence electrons. The van der Waals surface area contributed by atoms with E-state index in [1.54, 1.807) is 30.1 Å². The van der Waals surface area contributed by atoms with Gasteiger partial charge in [-0.1, -0.05) is 24.3 Å². The second kappa shape index (κ2) is 10.2. The van der Waals surface area contributed by atoms with Crippen LogP contribution in [0.3, 0.4) is 0 Å². The van der Waals surface area contributed by atoms with E-state index in [2.05, 4.69) is 15.8 Å². The number of nitrogens with zero attached hydrogens (tertiary/aromatic N) is 3. The molecule has 2 heterocycles. The molecule has 1 saturated heterocycles. The Hall–Kier alpha value is -3.10. The molecule has 8 heteroatoms. The summed E-state index contributed by atoms with van der Waals surface area (Å²) in [5.41, 5.74) is 9.19. The maximum atomic E-state index is 13.1. The summed E-state index contributed by atoms with van der Waals surface area (Å²) in [5.74, 6) is -0.223. The van der Waals surface area contributed by atoms with Gasteiger partial charge in [0, 0.05) is 38.6 Å². The number of hydrazine groups is 1. The lowest BCUT2D eigenvalue weighted by Gasteiger charge is -2.18. The van der Waals surface area contributed by atoms with E-state index in [1.165, 1.54) is 23.0 Å². The van der Waals surface area contributed by atoms with Gasteiger partial charge in [-0.15, -0.1) is 0 Å². The van der Waals surface area contributed by atoms with Crippen LogP contribution in [-0.4, -0.2) is 40.0 Å². The van der Waals surface area contributed by atoms with Crippen molar-refractivity contribution in [1.82, 2.24) is 25.3 Å². The molecule has 1 aromatic heterocycles. The minimum atomic E-state index is -0.231. The van der Waals surface area contributed by atoms with Crippen molar-refractivity contribution < 1.29 is 9.18 Å². The molecule has 0 aliphatic carbocycles. The van der Waals surface area contributed by atoms with Gasteiger partial charge >= 0.3 is 0 Å². The summed E-state index contributed by atoms with van der Waals surface area (Å²) in [5, 5.41) is 0.579. The quantitative estimate of drug-likeness (QED) is 0.550. The number of nitrogens with one attached hydrogen (secondary N) is 2. The van der Waals surface area contributed by atoms with Gasteiger partial charge in [0.25, 0.3) is 5.56 Å². The first kappa shape index (κ1) is 23.1. The van der Waals surface area contributed by atoms with E-state index in [0.717, 1.165) is 30.4 Å². The summed E-state index contributed by atoms with van der Waals surface area (Å²) in [6, 6.07) is 12.6. The highest BCUT2D eigenvalue weighted by Crippen LogP contribution is 2.24. The van der Waals surface area contributed by atoms with E-state index in [1.807, 2.05) is 19.1 Å². The van der Waals surface area contributed by atoms with Crippen molar-refractivity contribution in [2.24, 2.45) is 0 Å². The number of aromatic nitrogens is 2. The molecule has 1 fully saturated rings. The van der Waals surface area contributed by atoms with Crippen LogP contribution in [0.1, 0.15) is 42.9 Å². The number of para-hydroxylation sites is 1. The first-order chi connectivity index (χ1) is 15.9. The van der Waals surface area contributed by atoms with Crippen molar-refractivity contribution >= 4 is 16.8 Å². The Morgan fingerprint density at radius 2 is 2.00 bits per heavy atom. The number of carbonyl (C=O) groups is 1. The number of aryl methyl sites for hydroxylation is 2. The van der Waals surface area contributed by atoms with E-state index >= 15 is 0 Å². The molecule has 2 atom stereocenters. The van der Waals surface area contributed by atoms with Gasteiger partial charge < -0.3 is 4.90 Å².